The first kappa shape index (κ1) is 19.2. The van der Waals surface area contributed by atoms with Crippen LogP contribution in [0.3, 0.4) is 0 Å². The predicted molar refractivity (Wildman–Crippen MR) is 83.3 cm³/mol. The van der Waals surface area contributed by atoms with Crippen LogP contribution < -0.4 is 0 Å². The first-order valence-corrected chi connectivity index (χ1v) is 8.07. The zero-order valence-corrected chi connectivity index (χ0v) is 14.5. The summed E-state index contributed by atoms with van der Waals surface area (Å²) in [5.74, 6) is 0.186. The van der Waals surface area contributed by atoms with Gasteiger partial charge in [0.25, 0.3) is 0 Å². The van der Waals surface area contributed by atoms with Gasteiger partial charge in [-0.05, 0) is 53.4 Å². The molecule has 130 valence electrons. The zero-order valence-electron chi connectivity index (χ0n) is 14.5. The summed E-state index contributed by atoms with van der Waals surface area (Å²) in [5, 5.41) is 9.20. The van der Waals surface area contributed by atoms with Gasteiger partial charge in [-0.1, -0.05) is 0 Å². The highest BCUT2D eigenvalue weighted by Crippen LogP contribution is 2.31. The number of methoxy groups -OCH3 is 1. The maximum absolute atomic E-state index is 12.4. The van der Waals surface area contributed by atoms with Crippen LogP contribution in [0.2, 0.25) is 0 Å². The van der Waals surface area contributed by atoms with E-state index in [1.54, 1.807) is 12.0 Å². The molecular formula is C16H31NO5. The minimum Gasteiger partial charge on any atom is -0.444 e. The lowest BCUT2D eigenvalue weighted by Gasteiger charge is -2.39. The summed E-state index contributed by atoms with van der Waals surface area (Å²) < 4.78 is 16.3. The fourth-order valence-electron chi connectivity index (χ4n) is 2.90. The lowest BCUT2D eigenvalue weighted by atomic mass is 9.85. The summed E-state index contributed by atoms with van der Waals surface area (Å²) >= 11 is 0. The molecule has 0 heterocycles. The second-order valence-corrected chi connectivity index (χ2v) is 6.73. The average molecular weight is 317 g/mol. The number of aliphatic hydroxyl groups excluding tert-OH is 1. The van der Waals surface area contributed by atoms with Crippen molar-refractivity contribution >= 4 is 6.09 Å². The molecule has 1 N–H and O–H groups in total. The summed E-state index contributed by atoms with van der Waals surface area (Å²) in [5.41, 5.74) is -0.554. The molecule has 0 aromatic carbocycles. The average Bonchev–Trinajstić information content (AvgIpc) is 2.45. The molecule has 0 aliphatic heterocycles. The molecule has 1 rings (SSSR count). The highest BCUT2D eigenvalue weighted by atomic mass is 16.6. The largest absolute Gasteiger partial charge is 0.444 e. The van der Waals surface area contributed by atoms with Gasteiger partial charge in [0, 0.05) is 19.6 Å². The van der Waals surface area contributed by atoms with Crippen molar-refractivity contribution in [3.8, 4) is 0 Å². The van der Waals surface area contributed by atoms with Gasteiger partial charge in [-0.3, -0.25) is 4.90 Å². The normalized spacial score (nSPS) is 23.9. The van der Waals surface area contributed by atoms with E-state index in [4.69, 9.17) is 14.2 Å². The smallest absolute Gasteiger partial charge is 0.412 e. The van der Waals surface area contributed by atoms with Crippen LogP contribution in [0.4, 0.5) is 4.79 Å². The van der Waals surface area contributed by atoms with Crippen LogP contribution in [0.5, 0.6) is 0 Å². The molecule has 1 atom stereocenters. The summed E-state index contributed by atoms with van der Waals surface area (Å²) in [4.78, 5) is 14.0. The summed E-state index contributed by atoms with van der Waals surface area (Å²) in [7, 11) is 1.73. The van der Waals surface area contributed by atoms with Gasteiger partial charge in [-0.15, -0.1) is 0 Å². The quantitative estimate of drug-likeness (QED) is 0.763. The van der Waals surface area contributed by atoms with Crippen LogP contribution in [-0.2, 0) is 14.2 Å². The Labute approximate surface area is 133 Å². The number of carbonyl (C=O) groups is 1. The summed E-state index contributed by atoms with van der Waals surface area (Å²) in [6.07, 6.45) is 3.12. The number of nitrogens with zero attached hydrogens (tertiary/aromatic N) is 1. The van der Waals surface area contributed by atoms with Gasteiger partial charge in [0.15, 0.2) is 0 Å². The standard InChI is InChI=1S/C16H31NO5/c1-6-17(15(19)22-16(2,3)4)14(21-11-18)12-7-9-13(20-5)10-8-12/h12-14,18H,6-11H2,1-5H3. The Morgan fingerprint density at radius 2 is 1.86 bits per heavy atom. The molecule has 22 heavy (non-hydrogen) atoms. The van der Waals surface area contributed by atoms with E-state index in [0.29, 0.717) is 6.54 Å². The zero-order chi connectivity index (χ0) is 16.8. The van der Waals surface area contributed by atoms with E-state index in [1.165, 1.54) is 0 Å². The minimum absolute atomic E-state index is 0.186. The van der Waals surface area contributed by atoms with Gasteiger partial charge in [-0.25, -0.2) is 4.79 Å². The van der Waals surface area contributed by atoms with Crippen LogP contribution in [0, 0.1) is 5.92 Å². The molecule has 0 aromatic rings. The van der Waals surface area contributed by atoms with Gasteiger partial charge in [-0.2, -0.15) is 0 Å². The molecule has 1 aliphatic carbocycles. The summed E-state index contributed by atoms with van der Waals surface area (Å²) in [6.45, 7) is 7.47. The van der Waals surface area contributed by atoms with Crippen molar-refractivity contribution < 1.29 is 24.1 Å². The van der Waals surface area contributed by atoms with Crippen LogP contribution in [0.1, 0.15) is 53.4 Å². The molecule has 0 radical (unpaired) electrons. The Morgan fingerprint density at radius 1 is 1.27 bits per heavy atom. The lowest BCUT2D eigenvalue weighted by molar-refractivity contribution is -0.147. The van der Waals surface area contributed by atoms with Crippen LogP contribution in [-0.4, -0.2) is 54.5 Å². The number of amides is 1. The second kappa shape index (κ2) is 8.70. The van der Waals surface area contributed by atoms with Crippen molar-refractivity contribution in [2.75, 3.05) is 20.4 Å². The number of hydrogen-bond donors (Lipinski definition) is 1. The van der Waals surface area contributed by atoms with Gasteiger partial charge in [0.2, 0.25) is 0 Å². The van der Waals surface area contributed by atoms with E-state index in [0.717, 1.165) is 25.7 Å². The van der Waals surface area contributed by atoms with Crippen LogP contribution in [0.15, 0.2) is 0 Å². The maximum Gasteiger partial charge on any atom is 0.412 e. The monoisotopic (exact) mass is 317 g/mol. The van der Waals surface area contributed by atoms with Gasteiger partial charge < -0.3 is 19.3 Å². The van der Waals surface area contributed by atoms with E-state index in [-0.39, 0.29) is 12.0 Å². The van der Waals surface area contributed by atoms with E-state index in [1.807, 2.05) is 27.7 Å². The SMILES string of the molecule is CCN(C(=O)OC(C)(C)C)C(OCO)C1CCC(OC)CC1. The Balaban J connectivity index is 2.76. The molecule has 1 saturated carbocycles. The Hall–Kier alpha value is -0.850. The number of hydrogen-bond acceptors (Lipinski definition) is 5. The van der Waals surface area contributed by atoms with Gasteiger partial charge >= 0.3 is 6.09 Å². The number of carbonyl (C=O) groups excluding carboxylic acids is 1. The molecule has 1 amide bonds. The van der Waals surface area contributed by atoms with Crippen LogP contribution in [0.25, 0.3) is 0 Å². The number of ether oxygens (including phenoxy) is 3. The van der Waals surface area contributed by atoms with Crippen molar-refractivity contribution in [1.82, 2.24) is 4.90 Å². The highest BCUT2D eigenvalue weighted by molar-refractivity contribution is 5.68. The number of aliphatic hydroxyl groups is 1. The number of rotatable bonds is 6. The van der Waals surface area contributed by atoms with Gasteiger partial charge in [0.05, 0.1) is 6.10 Å². The molecular weight excluding hydrogens is 286 g/mol. The fraction of sp³-hybridized carbons (Fsp3) is 0.938. The van der Waals surface area contributed by atoms with Gasteiger partial charge in [0.1, 0.15) is 18.6 Å². The molecule has 1 fully saturated rings. The second-order valence-electron chi connectivity index (χ2n) is 6.73. The molecule has 0 aromatic heterocycles. The Morgan fingerprint density at radius 3 is 2.27 bits per heavy atom. The minimum atomic E-state index is -0.554. The molecule has 6 heteroatoms. The van der Waals surface area contributed by atoms with Crippen molar-refractivity contribution in [1.29, 1.82) is 0 Å². The van der Waals surface area contributed by atoms with Crippen molar-refractivity contribution in [2.45, 2.75) is 71.3 Å². The Kier molecular flexibility index (Phi) is 7.59. The summed E-state index contributed by atoms with van der Waals surface area (Å²) in [6, 6.07) is 0. The molecule has 1 aliphatic rings. The molecule has 0 saturated heterocycles. The highest BCUT2D eigenvalue weighted by Gasteiger charge is 2.35. The van der Waals surface area contributed by atoms with E-state index in [2.05, 4.69) is 0 Å². The van der Waals surface area contributed by atoms with Crippen molar-refractivity contribution in [3.05, 3.63) is 0 Å². The van der Waals surface area contributed by atoms with Crippen molar-refractivity contribution in [3.63, 3.8) is 0 Å². The third-order valence-corrected chi connectivity index (χ3v) is 3.98. The molecule has 0 spiro atoms. The lowest BCUT2D eigenvalue weighted by Crippen LogP contribution is -2.49. The van der Waals surface area contributed by atoms with Crippen LogP contribution >= 0.6 is 0 Å². The molecule has 1 unspecified atom stereocenters. The molecule has 0 bridgehead atoms. The molecule has 6 nitrogen and oxygen atoms in total. The Bertz CT molecular complexity index is 334. The third-order valence-electron chi connectivity index (χ3n) is 3.98. The maximum atomic E-state index is 12.4. The fourth-order valence-corrected chi connectivity index (χ4v) is 2.90. The topological polar surface area (TPSA) is 68.2 Å². The van der Waals surface area contributed by atoms with E-state index in [9.17, 15) is 9.90 Å². The first-order valence-electron chi connectivity index (χ1n) is 8.07. The van der Waals surface area contributed by atoms with Crippen molar-refractivity contribution in [2.24, 2.45) is 5.92 Å². The third kappa shape index (κ3) is 5.74. The predicted octanol–water partition coefficient (Wildman–Crippen LogP) is 2.74. The van der Waals surface area contributed by atoms with E-state index < -0.39 is 24.7 Å². The first-order chi connectivity index (χ1) is 10.3. The van der Waals surface area contributed by atoms with E-state index >= 15 is 0 Å².